The summed E-state index contributed by atoms with van der Waals surface area (Å²) in [5.74, 6) is 0. The van der Waals surface area contributed by atoms with Crippen molar-refractivity contribution >= 4 is 15.9 Å². The minimum atomic E-state index is 0.516. The van der Waals surface area contributed by atoms with Crippen LogP contribution in [0.4, 0.5) is 0 Å². The third kappa shape index (κ3) is 2.14. The van der Waals surface area contributed by atoms with Gasteiger partial charge in [0.2, 0.25) is 0 Å². The highest BCUT2D eigenvalue weighted by atomic mass is 79.9. The van der Waals surface area contributed by atoms with Crippen LogP contribution < -0.4 is 0 Å². The van der Waals surface area contributed by atoms with Crippen LogP contribution in [0, 0.1) is 0 Å². The quantitative estimate of drug-likeness (QED) is 0.669. The molecule has 0 radical (unpaired) electrons. The van der Waals surface area contributed by atoms with Crippen LogP contribution in [-0.4, -0.2) is 14.6 Å². The molecule has 0 N–H and O–H groups in total. The first kappa shape index (κ1) is 7.79. The predicted molar refractivity (Wildman–Crippen MR) is 45.3 cm³/mol. The van der Waals surface area contributed by atoms with Gasteiger partial charge in [-0.05, 0) is 6.07 Å². The Balaban J connectivity index is 2.58. The zero-order valence-electron chi connectivity index (χ0n) is 6.21. The van der Waals surface area contributed by atoms with Crippen molar-refractivity contribution in [2.24, 2.45) is 7.05 Å². The molecule has 1 aromatic heterocycles. The normalized spacial score (nSPS) is 13.5. The number of hydrogen-bond donors (Lipinski definition) is 0. The van der Waals surface area contributed by atoms with Crippen molar-refractivity contribution in [3.05, 3.63) is 18.0 Å². The average molecular weight is 203 g/mol. The van der Waals surface area contributed by atoms with Crippen LogP contribution in [-0.2, 0) is 13.5 Å². The van der Waals surface area contributed by atoms with Crippen molar-refractivity contribution in [1.29, 1.82) is 0 Å². The van der Waals surface area contributed by atoms with E-state index >= 15 is 0 Å². The second-order valence-corrected chi connectivity index (χ2v) is 4.03. The van der Waals surface area contributed by atoms with Gasteiger partial charge in [-0.3, -0.25) is 4.68 Å². The summed E-state index contributed by atoms with van der Waals surface area (Å²) in [5, 5.41) is 4.24. The van der Waals surface area contributed by atoms with E-state index in [1.54, 1.807) is 0 Å². The van der Waals surface area contributed by atoms with Gasteiger partial charge in [0.25, 0.3) is 0 Å². The van der Waals surface area contributed by atoms with Gasteiger partial charge in [-0.1, -0.05) is 22.9 Å². The first-order chi connectivity index (χ1) is 4.68. The molecule has 0 saturated carbocycles. The summed E-state index contributed by atoms with van der Waals surface area (Å²) >= 11 is 3.47. The van der Waals surface area contributed by atoms with Crippen LogP contribution in [0.25, 0.3) is 0 Å². The topological polar surface area (TPSA) is 17.8 Å². The smallest absolute Gasteiger partial charge is 0.0635 e. The van der Waals surface area contributed by atoms with Crippen LogP contribution >= 0.6 is 15.9 Å². The summed E-state index contributed by atoms with van der Waals surface area (Å²) in [7, 11) is 1.93. The molecule has 56 valence electrons. The Labute approximate surface area is 69.4 Å². The number of aromatic nitrogens is 2. The molecular weight excluding hydrogens is 192 g/mol. The van der Waals surface area contributed by atoms with Crippen LogP contribution in [0.5, 0.6) is 0 Å². The standard InChI is InChI=1S/C7H11BrN2/c1-6(8)5-7-3-4-10(2)9-7/h3-4,6H,5H2,1-2H3. The molecule has 0 aromatic carbocycles. The second-order valence-electron chi connectivity index (χ2n) is 2.47. The first-order valence-corrected chi connectivity index (χ1v) is 4.22. The molecule has 1 heterocycles. The zero-order chi connectivity index (χ0) is 7.56. The van der Waals surface area contributed by atoms with Gasteiger partial charge < -0.3 is 0 Å². The summed E-state index contributed by atoms with van der Waals surface area (Å²) in [6.07, 6.45) is 2.96. The molecule has 0 bridgehead atoms. The Morgan fingerprint density at radius 2 is 2.50 bits per heavy atom. The summed E-state index contributed by atoms with van der Waals surface area (Å²) in [5.41, 5.74) is 1.15. The molecule has 0 saturated heterocycles. The SMILES string of the molecule is CC(Br)Cc1ccn(C)n1. The van der Waals surface area contributed by atoms with Gasteiger partial charge in [0, 0.05) is 24.5 Å². The summed E-state index contributed by atoms with van der Waals surface area (Å²) in [6, 6.07) is 2.04. The van der Waals surface area contributed by atoms with E-state index in [1.165, 1.54) is 0 Å². The van der Waals surface area contributed by atoms with Gasteiger partial charge in [0.1, 0.15) is 0 Å². The molecule has 3 heteroatoms. The largest absolute Gasteiger partial charge is 0.276 e. The Morgan fingerprint density at radius 1 is 1.80 bits per heavy atom. The van der Waals surface area contributed by atoms with E-state index in [9.17, 15) is 0 Å². The number of halogens is 1. The molecule has 1 rings (SSSR count). The maximum atomic E-state index is 4.24. The highest BCUT2D eigenvalue weighted by Gasteiger charge is 2.00. The highest BCUT2D eigenvalue weighted by molar-refractivity contribution is 9.09. The second kappa shape index (κ2) is 3.19. The average Bonchev–Trinajstić information content (AvgIpc) is 2.13. The molecular formula is C7H11BrN2. The van der Waals surface area contributed by atoms with Gasteiger partial charge in [0.15, 0.2) is 0 Å². The highest BCUT2D eigenvalue weighted by Crippen LogP contribution is 2.05. The Hall–Kier alpha value is -0.310. The van der Waals surface area contributed by atoms with Crippen molar-refractivity contribution in [3.8, 4) is 0 Å². The third-order valence-electron chi connectivity index (χ3n) is 1.26. The van der Waals surface area contributed by atoms with Gasteiger partial charge in [-0.25, -0.2) is 0 Å². The number of alkyl halides is 1. The number of hydrogen-bond acceptors (Lipinski definition) is 1. The van der Waals surface area contributed by atoms with Crippen molar-refractivity contribution in [2.45, 2.75) is 18.2 Å². The molecule has 1 unspecified atom stereocenters. The van der Waals surface area contributed by atoms with Crippen LogP contribution in [0.15, 0.2) is 12.3 Å². The fourth-order valence-corrected chi connectivity index (χ4v) is 1.19. The van der Waals surface area contributed by atoms with E-state index in [4.69, 9.17) is 0 Å². The van der Waals surface area contributed by atoms with E-state index in [0.29, 0.717) is 4.83 Å². The van der Waals surface area contributed by atoms with Crippen molar-refractivity contribution in [1.82, 2.24) is 9.78 Å². The minimum Gasteiger partial charge on any atom is -0.276 e. The summed E-state index contributed by atoms with van der Waals surface area (Å²) < 4.78 is 1.82. The van der Waals surface area contributed by atoms with Gasteiger partial charge >= 0.3 is 0 Å². The van der Waals surface area contributed by atoms with E-state index in [1.807, 2.05) is 24.0 Å². The van der Waals surface area contributed by atoms with Gasteiger partial charge in [0.05, 0.1) is 5.69 Å². The predicted octanol–water partition coefficient (Wildman–Crippen LogP) is 1.75. The summed E-state index contributed by atoms with van der Waals surface area (Å²) in [4.78, 5) is 0.516. The van der Waals surface area contributed by atoms with Crippen molar-refractivity contribution in [3.63, 3.8) is 0 Å². The fourth-order valence-electron chi connectivity index (χ4n) is 0.860. The first-order valence-electron chi connectivity index (χ1n) is 3.31. The lowest BCUT2D eigenvalue weighted by molar-refractivity contribution is 0.737. The molecule has 0 aliphatic rings. The monoisotopic (exact) mass is 202 g/mol. The molecule has 2 nitrogen and oxygen atoms in total. The molecule has 0 amide bonds. The lowest BCUT2D eigenvalue weighted by Crippen LogP contribution is -1.98. The van der Waals surface area contributed by atoms with Gasteiger partial charge in [-0.15, -0.1) is 0 Å². The van der Waals surface area contributed by atoms with E-state index in [-0.39, 0.29) is 0 Å². The third-order valence-corrected chi connectivity index (χ3v) is 1.58. The Bertz CT molecular complexity index is 205. The lowest BCUT2D eigenvalue weighted by Gasteiger charge is -1.96. The molecule has 0 spiro atoms. The van der Waals surface area contributed by atoms with Gasteiger partial charge in [-0.2, -0.15) is 5.10 Å². The fraction of sp³-hybridized carbons (Fsp3) is 0.571. The Morgan fingerprint density at radius 3 is 2.90 bits per heavy atom. The van der Waals surface area contributed by atoms with Crippen LogP contribution in [0.3, 0.4) is 0 Å². The number of rotatable bonds is 2. The number of nitrogens with zero attached hydrogens (tertiary/aromatic N) is 2. The molecule has 0 fully saturated rings. The lowest BCUT2D eigenvalue weighted by atomic mass is 10.3. The zero-order valence-corrected chi connectivity index (χ0v) is 7.80. The molecule has 0 aliphatic carbocycles. The van der Waals surface area contributed by atoms with Crippen LogP contribution in [0.2, 0.25) is 0 Å². The van der Waals surface area contributed by atoms with Crippen molar-refractivity contribution < 1.29 is 0 Å². The number of aryl methyl sites for hydroxylation is 1. The van der Waals surface area contributed by atoms with E-state index in [2.05, 4.69) is 28.0 Å². The maximum absolute atomic E-state index is 4.24. The van der Waals surface area contributed by atoms with E-state index < -0.39 is 0 Å². The molecule has 1 aromatic rings. The molecule has 10 heavy (non-hydrogen) atoms. The maximum Gasteiger partial charge on any atom is 0.0635 e. The van der Waals surface area contributed by atoms with E-state index in [0.717, 1.165) is 12.1 Å². The molecule has 1 atom stereocenters. The Kier molecular flexibility index (Phi) is 2.49. The minimum absolute atomic E-state index is 0.516. The van der Waals surface area contributed by atoms with Crippen LogP contribution in [0.1, 0.15) is 12.6 Å². The summed E-state index contributed by atoms with van der Waals surface area (Å²) in [6.45, 7) is 2.12. The van der Waals surface area contributed by atoms with Crippen molar-refractivity contribution in [2.75, 3.05) is 0 Å². The molecule has 0 aliphatic heterocycles.